The Kier molecular flexibility index (Phi) is 5.70. The second-order valence-electron chi connectivity index (χ2n) is 4.97. The van der Waals surface area contributed by atoms with E-state index in [1.54, 1.807) is 24.9 Å². The normalized spacial score (nSPS) is 26.3. The number of rotatable bonds is 4. The van der Waals surface area contributed by atoms with Gasteiger partial charge in [-0.25, -0.2) is 0 Å². The number of halogens is 1. The van der Waals surface area contributed by atoms with Gasteiger partial charge in [-0.3, -0.25) is 4.79 Å². The lowest BCUT2D eigenvalue weighted by atomic mass is 10.1. The quantitative estimate of drug-likeness (QED) is 0.830. The first-order valence-corrected chi connectivity index (χ1v) is 9.00. The average molecular weight is 331 g/mol. The van der Waals surface area contributed by atoms with E-state index in [1.165, 1.54) is 0 Å². The van der Waals surface area contributed by atoms with Crippen LogP contribution in [0.4, 0.5) is 0 Å². The van der Waals surface area contributed by atoms with Crippen LogP contribution < -0.4 is 4.74 Å². The van der Waals surface area contributed by atoms with Crippen molar-refractivity contribution in [2.45, 2.75) is 36.0 Å². The lowest BCUT2D eigenvalue weighted by molar-refractivity contribution is -0.117. The summed E-state index contributed by atoms with van der Waals surface area (Å²) in [5.74, 6) is 1.90. The van der Waals surface area contributed by atoms with E-state index in [1.807, 2.05) is 23.9 Å². The highest BCUT2D eigenvalue weighted by Gasteiger charge is 2.30. The highest BCUT2D eigenvalue weighted by Crippen LogP contribution is 2.36. The van der Waals surface area contributed by atoms with E-state index in [4.69, 9.17) is 16.3 Å². The van der Waals surface area contributed by atoms with Gasteiger partial charge in [-0.2, -0.15) is 11.8 Å². The molecule has 1 aromatic rings. The molecule has 5 heteroatoms. The van der Waals surface area contributed by atoms with E-state index in [0.29, 0.717) is 21.9 Å². The highest BCUT2D eigenvalue weighted by molar-refractivity contribution is 8.08. The largest absolute Gasteiger partial charge is 0.496 e. The molecule has 3 atom stereocenters. The van der Waals surface area contributed by atoms with Gasteiger partial charge in [0.1, 0.15) is 5.75 Å². The standard InChI is InChI=1S/C15H19ClO2S2/c1-9-10(2)20-15(8-19-9)13(17)7-11-6-12(16)4-5-14(11)18-3/h4-6,9-10,15H,7-8H2,1-3H3. The molecule has 2 nitrogen and oxygen atoms in total. The molecule has 2 rings (SSSR count). The Morgan fingerprint density at radius 2 is 2.15 bits per heavy atom. The van der Waals surface area contributed by atoms with Gasteiger partial charge in [-0.1, -0.05) is 25.4 Å². The molecule has 1 aliphatic rings. The molecule has 0 aliphatic carbocycles. The van der Waals surface area contributed by atoms with E-state index < -0.39 is 0 Å². The zero-order chi connectivity index (χ0) is 14.7. The minimum atomic E-state index is 0.0786. The molecule has 1 fully saturated rings. The first-order valence-electron chi connectivity index (χ1n) is 6.63. The van der Waals surface area contributed by atoms with Crippen molar-refractivity contribution in [3.8, 4) is 5.75 Å². The predicted molar refractivity (Wildman–Crippen MR) is 89.5 cm³/mol. The maximum Gasteiger partial charge on any atom is 0.151 e. The third kappa shape index (κ3) is 3.86. The molecule has 1 aliphatic heterocycles. The van der Waals surface area contributed by atoms with E-state index in [-0.39, 0.29) is 11.0 Å². The number of carbonyl (C=O) groups excluding carboxylic acids is 1. The number of benzene rings is 1. The van der Waals surface area contributed by atoms with Gasteiger partial charge in [0.2, 0.25) is 0 Å². The fraction of sp³-hybridized carbons (Fsp3) is 0.533. The summed E-state index contributed by atoms with van der Waals surface area (Å²) in [6, 6.07) is 5.42. The van der Waals surface area contributed by atoms with Crippen molar-refractivity contribution in [1.29, 1.82) is 0 Å². The molecule has 3 unspecified atom stereocenters. The highest BCUT2D eigenvalue weighted by atomic mass is 35.5. The van der Waals surface area contributed by atoms with Crippen LogP contribution in [-0.2, 0) is 11.2 Å². The Bertz CT molecular complexity index is 493. The van der Waals surface area contributed by atoms with Gasteiger partial charge in [0.25, 0.3) is 0 Å². The summed E-state index contributed by atoms with van der Waals surface area (Å²) in [4.78, 5) is 12.5. The third-order valence-electron chi connectivity index (χ3n) is 3.52. The van der Waals surface area contributed by atoms with Gasteiger partial charge in [0.05, 0.1) is 12.4 Å². The van der Waals surface area contributed by atoms with Crippen LogP contribution in [0.15, 0.2) is 18.2 Å². The second kappa shape index (κ2) is 7.10. The molecular weight excluding hydrogens is 312 g/mol. The van der Waals surface area contributed by atoms with Gasteiger partial charge in [0.15, 0.2) is 5.78 Å². The number of methoxy groups -OCH3 is 1. The monoisotopic (exact) mass is 330 g/mol. The van der Waals surface area contributed by atoms with Crippen LogP contribution in [0.5, 0.6) is 5.75 Å². The number of ketones is 1. The topological polar surface area (TPSA) is 26.3 Å². The van der Waals surface area contributed by atoms with Crippen LogP contribution in [0.1, 0.15) is 19.4 Å². The van der Waals surface area contributed by atoms with Crippen LogP contribution in [0.3, 0.4) is 0 Å². The van der Waals surface area contributed by atoms with Crippen molar-refractivity contribution in [3.63, 3.8) is 0 Å². The lowest BCUT2D eigenvalue weighted by Gasteiger charge is -2.30. The number of hydrogen-bond acceptors (Lipinski definition) is 4. The van der Waals surface area contributed by atoms with Gasteiger partial charge in [-0.05, 0) is 18.2 Å². The SMILES string of the molecule is COc1ccc(Cl)cc1CC(=O)C1CSC(C)C(C)S1. The van der Waals surface area contributed by atoms with Crippen LogP contribution in [0.25, 0.3) is 0 Å². The van der Waals surface area contributed by atoms with Crippen LogP contribution >= 0.6 is 35.1 Å². The van der Waals surface area contributed by atoms with Crippen molar-refractivity contribution in [2.75, 3.05) is 12.9 Å². The van der Waals surface area contributed by atoms with Gasteiger partial charge >= 0.3 is 0 Å². The average Bonchev–Trinajstić information content (AvgIpc) is 2.42. The van der Waals surface area contributed by atoms with Crippen molar-refractivity contribution in [3.05, 3.63) is 28.8 Å². The summed E-state index contributed by atoms with van der Waals surface area (Å²) < 4.78 is 5.30. The molecule has 20 heavy (non-hydrogen) atoms. The summed E-state index contributed by atoms with van der Waals surface area (Å²) >= 11 is 9.69. The third-order valence-corrected chi connectivity index (χ3v) is 7.19. The van der Waals surface area contributed by atoms with Crippen molar-refractivity contribution in [1.82, 2.24) is 0 Å². The van der Waals surface area contributed by atoms with Gasteiger partial charge in [0, 0.05) is 33.3 Å². The molecule has 0 saturated carbocycles. The maximum atomic E-state index is 12.5. The number of carbonyl (C=O) groups is 1. The van der Waals surface area contributed by atoms with Crippen LogP contribution in [0, 0.1) is 0 Å². The van der Waals surface area contributed by atoms with Crippen molar-refractivity contribution < 1.29 is 9.53 Å². The van der Waals surface area contributed by atoms with Crippen LogP contribution in [0.2, 0.25) is 5.02 Å². The molecular formula is C15H19ClO2S2. The van der Waals surface area contributed by atoms with Crippen molar-refractivity contribution in [2.24, 2.45) is 0 Å². The Hall–Kier alpha value is -0.320. The number of thioether (sulfide) groups is 2. The summed E-state index contributed by atoms with van der Waals surface area (Å²) in [7, 11) is 1.62. The second-order valence-corrected chi connectivity index (χ2v) is 8.40. The molecule has 110 valence electrons. The van der Waals surface area contributed by atoms with Crippen LogP contribution in [-0.4, -0.2) is 34.4 Å². The Labute approximate surface area is 134 Å². The predicted octanol–water partition coefficient (Wildman–Crippen LogP) is 4.09. The number of hydrogen-bond donors (Lipinski definition) is 0. The molecule has 1 saturated heterocycles. The fourth-order valence-corrected chi connectivity index (χ4v) is 5.22. The minimum absolute atomic E-state index is 0.0786. The molecule has 1 aromatic carbocycles. The first kappa shape index (κ1) is 16.1. The van der Waals surface area contributed by atoms with E-state index in [2.05, 4.69) is 13.8 Å². The van der Waals surface area contributed by atoms with Crippen molar-refractivity contribution >= 4 is 40.9 Å². The summed E-state index contributed by atoms with van der Waals surface area (Å²) in [6.07, 6.45) is 0.392. The Morgan fingerprint density at radius 1 is 1.40 bits per heavy atom. The smallest absolute Gasteiger partial charge is 0.151 e. The molecule has 0 spiro atoms. The summed E-state index contributed by atoms with van der Waals surface area (Å²) in [5, 5.41) is 1.85. The maximum absolute atomic E-state index is 12.5. The lowest BCUT2D eigenvalue weighted by Crippen LogP contribution is -2.32. The molecule has 0 radical (unpaired) electrons. The molecule has 0 amide bonds. The van der Waals surface area contributed by atoms with E-state index >= 15 is 0 Å². The summed E-state index contributed by atoms with van der Waals surface area (Å²) in [5.41, 5.74) is 0.877. The molecule has 0 bridgehead atoms. The molecule has 0 N–H and O–H groups in total. The Morgan fingerprint density at radius 3 is 2.80 bits per heavy atom. The minimum Gasteiger partial charge on any atom is -0.496 e. The molecule has 1 heterocycles. The van der Waals surface area contributed by atoms with Gasteiger partial charge < -0.3 is 4.74 Å². The number of Topliss-reactive ketones (excluding diaryl/α,β-unsaturated/α-hetero) is 1. The first-order chi connectivity index (χ1) is 9.51. The number of ether oxygens (including phenoxy) is 1. The molecule has 0 aromatic heterocycles. The zero-order valence-corrected chi connectivity index (χ0v) is 14.3. The van der Waals surface area contributed by atoms with E-state index in [0.717, 1.165) is 17.1 Å². The van der Waals surface area contributed by atoms with Gasteiger partial charge in [-0.15, -0.1) is 11.8 Å². The zero-order valence-electron chi connectivity index (χ0n) is 11.9. The van der Waals surface area contributed by atoms with E-state index in [9.17, 15) is 4.79 Å². The summed E-state index contributed by atoms with van der Waals surface area (Å²) in [6.45, 7) is 4.42. The Balaban J connectivity index is 2.06. The fourth-order valence-electron chi connectivity index (χ4n) is 2.14.